The van der Waals surface area contributed by atoms with E-state index in [1.807, 2.05) is 24.3 Å². The van der Waals surface area contributed by atoms with Gasteiger partial charge in [-0.05, 0) is 23.6 Å². The van der Waals surface area contributed by atoms with Crippen molar-refractivity contribution in [2.24, 2.45) is 0 Å². The van der Waals surface area contributed by atoms with E-state index >= 15 is 0 Å². The number of aromatic nitrogens is 1. The third kappa shape index (κ3) is 3.90. The Hall–Kier alpha value is -2.57. The molecule has 0 saturated heterocycles. The Labute approximate surface area is 192 Å². The number of aliphatic hydroxyl groups is 1. The van der Waals surface area contributed by atoms with Crippen molar-refractivity contribution in [3.05, 3.63) is 56.5 Å². The fourth-order valence-corrected chi connectivity index (χ4v) is 5.50. The zero-order valence-electron chi connectivity index (χ0n) is 16.4. The van der Waals surface area contributed by atoms with Crippen LogP contribution in [0, 0.1) is 11.3 Å². The van der Waals surface area contributed by atoms with Gasteiger partial charge in [0.25, 0.3) is 11.8 Å². The van der Waals surface area contributed by atoms with Gasteiger partial charge in [-0.2, -0.15) is 5.26 Å². The number of H-pyrrole nitrogens is 1. The van der Waals surface area contributed by atoms with Crippen molar-refractivity contribution < 1.29 is 14.7 Å². The third-order valence-electron chi connectivity index (χ3n) is 5.46. The van der Waals surface area contributed by atoms with Crippen LogP contribution in [0.2, 0.25) is 9.36 Å². The first kappa shape index (κ1) is 21.7. The highest BCUT2D eigenvalue weighted by Crippen LogP contribution is 2.39. The Kier molecular flexibility index (Phi) is 5.95. The maximum atomic E-state index is 13.0. The van der Waals surface area contributed by atoms with E-state index in [4.69, 9.17) is 28.5 Å². The maximum absolute atomic E-state index is 13.0. The quantitative estimate of drug-likeness (QED) is 0.521. The van der Waals surface area contributed by atoms with Gasteiger partial charge in [0.05, 0.1) is 39.8 Å². The Morgan fingerprint density at radius 3 is 2.87 bits per heavy atom. The third-order valence-corrected chi connectivity index (χ3v) is 7.40. The second-order valence-corrected chi connectivity index (χ2v) is 9.40. The first-order valence-electron chi connectivity index (χ1n) is 9.48. The van der Waals surface area contributed by atoms with Crippen LogP contribution in [-0.2, 0) is 11.2 Å². The Morgan fingerprint density at radius 1 is 1.42 bits per heavy atom. The summed E-state index contributed by atoms with van der Waals surface area (Å²) in [6.45, 7) is 0. The van der Waals surface area contributed by atoms with E-state index < -0.39 is 24.1 Å². The van der Waals surface area contributed by atoms with Crippen LogP contribution < -0.4 is 5.32 Å². The molecular weight excluding hydrogens is 459 g/mol. The highest BCUT2D eigenvalue weighted by Gasteiger charge is 2.39. The van der Waals surface area contributed by atoms with Gasteiger partial charge in [0, 0.05) is 7.05 Å². The van der Waals surface area contributed by atoms with Gasteiger partial charge in [0.2, 0.25) is 0 Å². The lowest BCUT2D eigenvalue weighted by atomic mass is 10.0. The molecule has 3 N–H and O–H groups in total. The SMILES string of the molecule is CN(C(=O)[C@@H](O)CC#N)[C@H]1c2ccccc2C[C@H]1NC(=O)c1cc2sc(Cl)c(Cl)c2[nH]1. The van der Waals surface area contributed by atoms with Crippen LogP contribution in [0.25, 0.3) is 10.2 Å². The second kappa shape index (κ2) is 8.52. The van der Waals surface area contributed by atoms with Crippen molar-refractivity contribution in [3.8, 4) is 6.07 Å². The molecule has 1 aliphatic rings. The molecule has 0 spiro atoms. The molecule has 160 valence electrons. The fraction of sp³-hybridized carbons (Fsp3) is 0.286. The smallest absolute Gasteiger partial charge is 0.268 e. The number of carbonyl (C=O) groups excluding carboxylic acids is 2. The topological polar surface area (TPSA) is 109 Å². The van der Waals surface area contributed by atoms with E-state index in [1.54, 1.807) is 19.2 Å². The van der Waals surface area contributed by atoms with Gasteiger partial charge in [0.1, 0.15) is 16.1 Å². The van der Waals surface area contributed by atoms with E-state index in [1.165, 1.54) is 16.2 Å². The Balaban J connectivity index is 1.60. The monoisotopic (exact) mass is 476 g/mol. The normalized spacial score (nSPS) is 18.4. The van der Waals surface area contributed by atoms with Gasteiger partial charge in [-0.1, -0.05) is 47.5 Å². The molecule has 10 heteroatoms. The molecule has 7 nitrogen and oxygen atoms in total. The number of carbonyl (C=O) groups is 2. The summed E-state index contributed by atoms with van der Waals surface area (Å²) in [5, 5.41) is 22.2. The molecule has 0 saturated carbocycles. The number of rotatable bonds is 5. The number of thiophene rings is 1. The largest absolute Gasteiger partial charge is 0.382 e. The number of benzene rings is 1. The number of nitrogens with zero attached hydrogens (tertiary/aromatic N) is 2. The van der Waals surface area contributed by atoms with Gasteiger partial charge < -0.3 is 20.3 Å². The van der Waals surface area contributed by atoms with E-state index in [0.29, 0.717) is 27.0 Å². The van der Waals surface area contributed by atoms with E-state index in [2.05, 4.69) is 10.3 Å². The van der Waals surface area contributed by atoms with Crippen molar-refractivity contribution in [1.29, 1.82) is 5.26 Å². The lowest BCUT2D eigenvalue weighted by molar-refractivity contribution is -0.141. The van der Waals surface area contributed by atoms with Gasteiger partial charge in [-0.3, -0.25) is 9.59 Å². The number of nitriles is 1. The summed E-state index contributed by atoms with van der Waals surface area (Å²) in [6, 6.07) is 10.2. The number of hydrogen-bond acceptors (Lipinski definition) is 5. The molecule has 4 rings (SSSR count). The summed E-state index contributed by atoms with van der Waals surface area (Å²) < 4.78 is 1.23. The molecule has 1 aromatic carbocycles. The second-order valence-electron chi connectivity index (χ2n) is 7.37. The lowest BCUT2D eigenvalue weighted by Gasteiger charge is -2.32. The number of likely N-dealkylation sites (N-methyl/N-ethyl adjacent to an activating group) is 1. The van der Waals surface area contributed by atoms with Crippen LogP contribution in [0.4, 0.5) is 0 Å². The standard InChI is InChI=1S/C21H18Cl2N4O3S/c1-27(21(30)14(28)6-7-24)18-11-5-3-2-4-10(11)8-12(18)26-20(29)13-9-15-17(25-13)16(22)19(23)31-15/h2-5,9,12,14,18,25,28H,6,8H2,1H3,(H,26,29)/t12-,14+,18+/m1/s1. The summed E-state index contributed by atoms with van der Waals surface area (Å²) in [5.74, 6) is -0.902. The molecule has 2 heterocycles. The van der Waals surface area contributed by atoms with Gasteiger partial charge in [-0.15, -0.1) is 11.3 Å². The van der Waals surface area contributed by atoms with Gasteiger partial charge in [-0.25, -0.2) is 0 Å². The van der Waals surface area contributed by atoms with Crippen molar-refractivity contribution >= 4 is 56.6 Å². The fourth-order valence-electron chi connectivity index (χ4n) is 4.02. The minimum atomic E-state index is -1.42. The van der Waals surface area contributed by atoms with Gasteiger partial charge in [0.15, 0.2) is 0 Å². The Morgan fingerprint density at radius 2 is 2.16 bits per heavy atom. The van der Waals surface area contributed by atoms with Gasteiger partial charge >= 0.3 is 0 Å². The zero-order chi connectivity index (χ0) is 22.3. The molecule has 0 unspecified atom stereocenters. The molecule has 0 radical (unpaired) electrons. The zero-order valence-corrected chi connectivity index (χ0v) is 18.7. The molecule has 3 aromatic rings. The van der Waals surface area contributed by atoms with E-state index in [9.17, 15) is 14.7 Å². The molecule has 2 aromatic heterocycles. The van der Waals surface area contributed by atoms with Crippen molar-refractivity contribution in [2.75, 3.05) is 7.05 Å². The molecule has 2 amide bonds. The van der Waals surface area contributed by atoms with Crippen LogP contribution in [0.3, 0.4) is 0 Å². The summed E-state index contributed by atoms with van der Waals surface area (Å²) >= 11 is 13.5. The number of halogens is 2. The predicted octanol–water partition coefficient (Wildman–Crippen LogP) is 3.66. The minimum absolute atomic E-state index is 0.295. The molecule has 31 heavy (non-hydrogen) atoms. The number of hydrogen-bond donors (Lipinski definition) is 3. The molecule has 0 aliphatic heterocycles. The van der Waals surface area contributed by atoms with E-state index in [0.717, 1.165) is 15.8 Å². The highest BCUT2D eigenvalue weighted by atomic mass is 35.5. The number of aliphatic hydroxyl groups excluding tert-OH is 1. The molecule has 3 atom stereocenters. The average Bonchev–Trinajstić information content (AvgIpc) is 3.40. The maximum Gasteiger partial charge on any atom is 0.268 e. The van der Waals surface area contributed by atoms with Crippen LogP contribution in [0.5, 0.6) is 0 Å². The van der Waals surface area contributed by atoms with Crippen LogP contribution in [-0.4, -0.2) is 46.0 Å². The minimum Gasteiger partial charge on any atom is -0.382 e. The first-order valence-corrected chi connectivity index (χ1v) is 11.1. The van der Waals surface area contributed by atoms with E-state index in [-0.39, 0.29) is 12.3 Å². The summed E-state index contributed by atoms with van der Waals surface area (Å²) in [7, 11) is 1.57. The summed E-state index contributed by atoms with van der Waals surface area (Å²) in [5.41, 5.74) is 2.86. The van der Waals surface area contributed by atoms with Crippen molar-refractivity contribution in [2.45, 2.75) is 31.0 Å². The van der Waals surface area contributed by atoms with Crippen LogP contribution >= 0.6 is 34.5 Å². The molecule has 0 bridgehead atoms. The predicted molar refractivity (Wildman–Crippen MR) is 119 cm³/mol. The first-order chi connectivity index (χ1) is 14.8. The summed E-state index contributed by atoms with van der Waals surface area (Å²) in [6.07, 6.45) is -1.18. The number of aromatic amines is 1. The average molecular weight is 477 g/mol. The van der Waals surface area contributed by atoms with Crippen molar-refractivity contribution in [3.63, 3.8) is 0 Å². The Bertz CT molecular complexity index is 1220. The molecule has 0 fully saturated rings. The highest BCUT2D eigenvalue weighted by molar-refractivity contribution is 7.23. The van der Waals surface area contributed by atoms with Crippen LogP contribution in [0.1, 0.15) is 34.1 Å². The van der Waals surface area contributed by atoms with Crippen molar-refractivity contribution in [1.82, 2.24) is 15.2 Å². The molecular formula is C21H18Cl2N4O3S. The summed E-state index contributed by atoms with van der Waals surface area (Å²) in [4.78, 5) is 30.1. The number of fused-ring (bicyclic) bond motifs is 2. The van der Waals surface area contributed by atoms with Crippen LogP contribution in [0.15, 0.2) is 30.3 Å². The molecule has 1 aliphatic carbocycles. The number of nitrogens with one attached hydrogen (secondary N) is 2. The lowest BCUT2D eigenvalue weighted by Crippen LogP contribution is -2.47. The number of amides is 2.